The predicted molar refractivity (Wildman–Crippen MR) is 75.6 cm³/mol. The van der Waals surface area contributed by atoms with Crippen LogP contribution in [0.2, 0.25) is 0 Å². The highest BCUT2D eigenvalue weighted by Crippen LogP contribution is 2.18. The van der Waals surface area contributed by atoms with Gasteiger partial charge in [0.1, 0.15) is 0 Å². The smallest absolute Gasteiger partial charge is 0.312 e. The van der Waals surface area contributed by atoms with Gasteiger partial charge in [0.15, 0.2) is 0 Å². The largest absolute Gasteiger partial charge is 0.481 e. The van der Waals surface area contributed by atoms with Gasteiger partial charge >= 0.3 is 5.97 Å². The molecule has 0 bridgehead atoms. The number of carbonyl (C=O) groups excluding carboxylic acids is 2. The summed E-state index contributed by atoms with van der Waals surface area (Å²) in [5.41, 5.74) is 0.643. The van der Waals surface area contributed by atoms with Crippen molar-refractivity contribution in [2.75, 3.05) is 20.1 Å². The Morgan fingerprint density at radius 3 is 2.57 bits per heavy atom. The maximum atomic E-state index is 12.0. The Labute approximate surface area is 122 Å². The molecular weight excluding hydrogens is 272 g/mol. The summed E-state index contributed by atoms with van der Waals surface area (Å²) in [4.78, 5) is 36.3. The van der Waals surface area contributed by atoms with Crippen LogP contribution in [0.3, 0.4) is 0 Å². The van der Waals surface area contributed by atoms with Gasteiger partial charge in [0.2, 0.25) is 11.8 Å². The zero-order valence-corrected chi connectivity index (χ0v) is 11.8. The van der Waals surface area contributed by atoms with E-state index in [0.29, 0.717) is 12.1 Å². The van der Waals surface area contributed by atoms with Crippen molar-refractivity contribution >= 4 is 17.8 Å². The van der Waals surface area contributed by atoms with E-state index in [1.165, 1.54) is 4.90 Å². The quantitative estimate of drug-likeness (QED) is 0.824. The molecule has 1 aliphatic rings. The van der Waals surface area contributed by atoms with Crippen molar-refractivity contribution in [3.63, 3.8) is 0 Å². The Bertz CT molecular complexity index is 544. The molecular formula is C15H18N2O4. The molecule has 6 nitrogen and oxygen atoms in total. The van der Waals surface area contributed by atoms with E-state index in [1.54, 1.807) is 37.4 Å². The minimum atomic E-state index is -0.985. The van der Waals surface area contributed by atoms with Crippen LogP contribution in [-0.4, -0.2) is 47.9 Å². The van der Waals surface area contributed by atoms with Crippen LogP contribution in [0, 0.1) is 5.92 Å². The van der Waals surface area contributed by atoms with Crippen LogP contribution in [0.25, 0.3) is 0 Å². The fraction of sp³-hybridized carbons (Fsp3) is 0.400. The summed E-state index contributed by atoms with van der Waals surface area (Å²) >= 11 is 0. The van der Waals surface area contributed by atoms with Crippen molar-refractivity contribution in [3.8, 4) is 0 Å². The van der Waals surface area contributed by atoms with E-state index in [4.69, 9.17) is 0 Å². The highest BCUT2D eigenvalue weighted by molar-refractivity contribution is 5.89. The topological polar surface area (TPSA) is 86.7 Å². The van der Waals surface area contributed by atoms with Gasteiger partial charge in [0.25, 0.3) is 0 Å². The number of benzene rings is 1. The Hall–Kier alpha value is -2.37. The van der Waals surface area contributed by atoms with Crippen LogP contribution in [0.4, 0.5) is 0 Å². The first kappa shape index (κ1) is 15.0. The lowest BCUT2D eigenvalue weighted by molar-refractivity contribution is -0.139. The monoisotopic (exact) mass is 290 g/mol. The molecule has 0 spiro atoms. The molecule has 1 aromatic carbocycles. The van der Waals surface area contributed by atoms with Gasteiger partial charge in [-0.1, -0.05) is 30.3 Å². The van der Waals surface area contributed by atoms with Crippen LogP contribution in [0.5, 0.6) is 0 Å². The third-order valence-corrected chi connectivity index (χ3v) is 3.69. The second-order valence-electron chi connectivity index (χ2n) is 5.22. The molecule has 21 heavy (non-hydrogen) atoms. The number of nitrogens with one attached hydrogen (secondary N) is 1. The molecule has 2 unspecified atom stereocenters. The van der Waals surface area contributed by atoms with Gasteiger partial charge in [-0.25, -0.2) is 0 Å². The average molecular weight is 290 g/mol. The Morgan fingerprint density at radius 1 is 1.38 bits per heavy atom. The lowest BCUT2D eigenvalue weighted by Gasteiger charge is -2.16. The maximum Gasteiger partial charge on any atom is 0.312 e. The zero-order chi connectivity index (χ0) is 15.4. The summed E-state index contributed by atoms with van der Waals surface area (Å²) in [7, 11) is 1.65. The van der Waals surface area contributed by atoms with Crippen molar-refractivity contribution in [1.82, 2.24) is 10.2 Å². The van der Waals surface area contributed by atoms with Crippen LogP contribution in [-0.2, 0) is 14.4 Å². The molecule has 0 radical (unpaired) electrons. The molecule has 1 fully saturated rings. The van der Waals surface area contributed by atoms with Crippen LogP contribution >= 0.6 is 0 Å². The van der Waals surface area contributed by atoms with Gasteiger partial charge in [-0.3, -0.25) is 14.4 Å². The van der Waals surface area contributed by atoms with Crippen LogP contribution < -0.4 is 5.32 Å². The Morgan fingerprint density at radius 2 is 2.05 bits per heavy atom. The molecule has 2 N–H and O–H groups in total. The number of hydrogen-bond acceptors (Lipinski definition) is 3. The predicted octanol–water partition coefficient (Wildman–Crippen LogP) is 0.449. The Balaban J connectivity index is 1.95. The first-order valence-electron chi connectivity index (χ1n) is 6.78. The summed E-state index contributed by atoms with van der Waals surface area (Å²) in [6.45, 7) is 0.403. The van der Waals surface area contributed by atoms with Crippen LogP contribution in [0.1, 0.15) is 17.9 Å². The molecule has 1 aromatic rings. The molecule has 1 saturated heterocycles. The second-order valence-corrected chi connectivity index (χ2v) is 5.22. The molecule has 2 amide bonds. The molecule has 112 valence electrons. The number of likely N-dealkylation sites (tertiary alicyclic amines) is 1. The van der Waals surface area contributed by atoms with Gasteiger partial charge in [-0.2, -0.15) is 0 Å². The molecule has 6 heteroatoms. The number of carboxylic acids is 1. The van der Waals surface area contributed by atoms with Gasteiger partial charge in [0, 0.05) is 26.6 Å². The minimum Gasteiger partial charge on any atom is -0.481 e. The third kappa shape index (κ3) is 3.59. The Kier molecular flexibility index (Phi) is 4.57. The van der Waals surface area contributed by atoms with Crippen molar-refractivity contribution in [2.45, 2.75) is 12.3 Å². The molecule has 1 aliphatic heterocycles. The number of aliphatic carboxylic acids is 1. The second kappa shape index (κ2) is 6.39. The highest BCUT2D eigenvalue weighted by Gasteiger charge is 2.32. The first-order valence-corrected chi connectivity index (χ1v) is 6.78. The van der Waals surface area contributed by atoms with Crippen molar-refractivity contribution in [1.29, 1.82) is 0 Å². The summed E-state index contributed by atoms with van der Waals surface area (Å²) < 4.78 is 0. The van der Waals surface area contributed by atoms with E-state index >= 15 is 0 Å². The zero-order valence-electron chi connectivity index (χ0n) is 11.8. The standard InChI is InChI=1S/C15H18N2O4/c1-17-9-11(7-13(17)18)14(19)16-8-12(15(20)21)10-5-3-2-4-6-10/h2-6,11-12H,7-9H2,1H3,(H,16,19)(H,20,21). The van der Waals surface area contributed by atoms with Gasteiger partial charge in [-0.15, -0.1) is 0 Å². The number of carboxylic acid groups (broad SMARTS) is 1. The van der Waals surface area contributed by atoms with Crippen LogP contribution in [0.15, 0.2) is 30.3 Å². The number of nitrogens with zero attached hydrogens (tertiary/aromatic N) is 1. The van der Waals surface area contributed by atoms with E-state index in [1.807, 2.05) is 0 Å². The lowest BCUT2D eigenvalue weighted by Crippen LogP contribution is -2.36. The molecule has 0 aliphatic carbocycles. The minimum absolute atomic E-state index is 0.0204. The van der Waals surface area contributed by atoms with Crippen molar-refractivity contribution in [3.05, 3.63) is 35.9 Å². The van der Waals surface area contributed by atoms with Crippen molar-refractivity contribution in [2.24, 2.45) is 5.92 Å². The van der Waals surface area contributed by atoms with E-state index in [9.17, 15) is 19.5 Å². The molecule has 2 atom stereocenters. The number of amides is 2. The van der Waals surface area contributed by atoms with E-state index in [-0.39, 0.29) is 24.8 Å². The highest BCUT2D eigenvalue weighted by atomic mass is 16.4. The van der Waals surface area contributed by atoms with E-state index in [0.717, 1.165) is 0 Å². The molecule has 0 aromatic heterocycles. The summed E-state index contributed by atoms with van der Waals surface area (Å²) in [5, 5.41) is 11.9. The fourth-order valence-electron chi connectivity index (χ4n) is 2.42. The fourth-order valence-corrected chi connectivity index (χ4v) is 2.42. The molecule has 0 saturated carbocycles. The molecule has 1 heterocycles. The normalized spacial score (nSPS) is 19.4. The summed E-state index contributed by atoms with van der Waals surface area (Å²) in [5.74, 6) is -2.50. The SMILES string of the molecule is CN1CC(C(=O)NCC(C(=O)O)c2ccccc2)CC1=O. The lowest BCUT2D eigenvalue weighted by atomic mass is 9.99. The maximum absolute atomic E-state index is 12.0. The number of carbonyl (C=O) groups is 3. The van der Waals surface area contributed by atoms with E-state index < -0.39 is 17.8 Å². The van der Waals surface area contributed by atoms with E-state index in [2.05, 4.69) is 5.32 Å². The summed E-state index contributed by atoms with van der Waals surface area (Å²) in [6, 6.07) is 8.77. The van der Waals surface area contributed by atoms with Gasteiger partial charge in [-0.05, 0) is 5.56 Å². The van der Waals surface area contributed by atoms with Gasteiger partial charge in [0.05, 0.1) is 11.8 Å². The van der Waals surface area contributed by atoms with Crippen molar-refractivity contribution < 1.29 is 19.5 Å². The summed E-state index contributed by atoms with van der Waals surface area (Å²) in [6.07, 6.45) is 0.186. The number of rotatable bonds is 5. The third-order valence-electron chi connectivity index (χ3n) is 3.69. The van der Waals surface area contributed by atoms with Gasteiger partial charge < -0.3 is 15.3 Å². The first-order chi connectivity index (χ1) is 9.99. The number of hydrogen-bond donors (Lipinski definition) is 2. The molecule has 2 rings (SSSR count). The average Bonchev–Trinajstić information content (AvgIpc) is 2.79.